The third-order valence-electron chi connectivity index (χ3n) is 6.76. The Kier molecular flexibility index (Phi) is 5.27. The van der Waals surface area contributed by atoms with Crippen LogP contribution in [-0.4, -0.2) is 48.0 Å². The maximum absolute atomic E-state index is 13.1. The van der Waals surface area contributed by atoms with E-state index in [1.807, 2.05) is 50.2 Å². The van der Waals surface area contributed by atoms with Crippen molar-refractivity contribution in [1.82, 2.24) is 15.2 Å². The number of nitrogens with zero attached hydrogens (tertiary/aromatic N) is 1. The molecule has 0 radical (unpaired) electrons. The van der Waals surface area contributed by atoms with Gasteiger partial charge in [0.05, 0.1) is 25.5 Å². The van der Waals surface area contributed by atoms with Crippen LogP contribution in [0.4, 0.5) is 0 Å². The van der Waals surface area contributed by atoms with Gasteiger partial charge in [-0.15, -0.1) is 0 Å². The van der Waals surface area contributed by atoms with E-state index in [1.54, 1.807) is 4.90 Å². The summed E-state index contributed by atoms with van der Waals surface area (Å²) in [5.74, 6) is 1.06. The molecule has 7 nitrogen and oxygen atoms in total. The number of carbonyl (C=O) groups is 2. The van der Waals surface area contributed by atoms with E-state index in [0.29, 0.717) is 25.5 Å². The molecule has 0 saturated carbocycles. The molecule has 2 atom stereocenters. The summed E-state index contributed by atoms with van der Waals surface area (Å²) in [7, 11) is 0. The Balaban J connectivity index is 1.70. The monoisotopic (exact) mass is 447 g/mol. The molecule has 172 valence electrons. The van der Waals surface area contributed by atoms with Gasteiger partial charge in [0.1, 0.15) is 0 Å². The molecule has 1 aromatic heterocycles. The van der Waals surface area contributed by atoms with Crippen LogP contribution in [-0.2, 0) is 15.1 Å². The third kappa shape index (κ3) is 3.25. The standard InChI is InChI=1S/C26H29N3O4/c1-4-12-33-20-11-10-16(13-21(20)32-5-2)18-15-29-22(30)14-27-25(31)26(29,3)24-23(18)17-8-6-7-9-19(17)28-24/h6-11,13,18,28H,4-5,12,14-15H2,1-3H3,(H,27,31)/t18?,26-/m0/s1. The Morgan fingerprint density at radius 1 is 1.09 bits per heavy atom. The number of aromatic amines is 1. The first-order chi connectivity index (χ1) is 16.0. The minimum atomic E-state index is -1.08. The number of fused-ring (bicyclic) bond motifs is 5. The molecular formula is C26H29N3O4. The molecule has 2 aliphatic rings. The Bertz CT molecular complexity index is 1230. The Labute approximate surface area is 193 Å². The van der Waals surface area contributed by atoms with Crippen molar-refractivity contribution in [2.24, 2.45) is 0 Å². The van der Waals surface area contributed by atoms with E-state index < -0.39 is 5.54 Å². The third-order valence-corrected chi connectivity index (χ3v) is 6.76. The molecule has 7 heteroatoms. The molecule has 33 heavy (non-hydrogen) atoms. The van der Waals surface area contributed by atoms with Crippen LogP contribution in [0.5, 0.6) is 11.5 Å². The quantitative estimate of drug-likeness (QED) is 0.604. The Morgan fingerprint density at radius 2 is 1.91 bits per heavy atom. The molecule has 2 N–H and O–H groups in total. The number of nitrogens with one attached hydrogen (secondary N) is 2. The first kappa shape index (κ1) is 21.4. The highest BCUT2D eigenvalue weighted by Gasteiger charge is 2.53. The SMILES string of the molecule is CCCOc1ccc(C2CN3C(=O)CNC(=O)[C@]3(C)c3[nH]c4ccccc4c32)cc1OCC. The van der Waals surface area contributed by atoms with Crippen molar-refractivity contribution in [1.29, 1.82) is 0 Å². The summed E-state index contributed by atoms with van der Waals surface area (Å²) in [4.78, 5) is 31.3. The molecule has 0 bridgehead atoms. The van der Waals surface area contributed by atoms with Gasteiger partial charge in [-0.2, -0.15) is 0 Å². The molecule has 2 amide bonds. The van der Waals surface area contributed by atoms with Crippen molar-refractivity contribution in [3.63, 3.8) is 0 Å². The number of piperazine rings is 1. The smallest absolute Gasteiger partial charge is 0.252 e. The van der Waals surface area contributed by atoms with E-state index in [-0.39, 0.29) is 24.3 Å². The van der Waals surface area contributed by atoms with Crippen molar-refractivity contribution in [2.75, 3.05) is 26.3 Å². The number of carbonyl (C=O) groups excluding carboxylic acids is 2. The molecule has 1 unspecified atom stereocenters. The number of benzene rings is 2. The zero-order chi connectivity index (χ0) is 23.2. The van der Waals surface area contributed by atoms with Gasteiger partial charge < -0.3 is 24.7 Å². The first-order valence-corrected chi connectivity index (χ1v) is 11.6. The summed E-state index contributed by atoms with van der Waals surface area (Å²) in [6, 6.07) is 14.1. The van der Waals surface area contributed by atoms with Crippen LogP contribution < -0.4 is 14.8 Å². The predicted molar refractivity (Wildman–Crippen MR) is 126 cm³/mol. The van der Waals surface area contributed by atoms with Gasteiger partial charge in [0, 0.05) is 23.4 Å². The van der Waals surface area contributed by atoms with Crippen LogP contribution in [0.2, 0.25) is 0 Å². The molecule has 5 rings (SSSR count). The lowest BCUT2D eigenvalue weighted by atomic mass is 9.76. The van der Waals surface area contributed by atoms with Gasteiger partial charge in [0.2, 0.25) is 5.91 Å². The van der Waals surface area contributed by atoms with Crippen LogP contribution in [0.15, 0.2) is 42.5 Å². The number of rotatable bonds is 6. The van der Waals surface area contributed by atoms with Gasteiger partial charge in [0.15, 0.2) is 17.0 Å². The highest BCUT2D eigenvalue weighted by atomic mass is 16.5. The summed E-state index contributed by atoms with van der Waals surface area (Å²) >= 11 is 0. The fraction of sp³-hybridized carbons (Fsp3) is 0.385. The molecule has 3 heterocycles. The lowest BCUT2D eigenvalue weighted by Crippen LogP contribution is -2.66. The van der Waals surface area contributed by atoms with Gasteiger partial charge in [-0.05, 0) is 49.6 Å². The Hall–Kier alpha value is -3.48. The summed E-state index contributed by atoms with van der Waals surface area (Å²) in [5.41, 5.74) is 2.73. The van der Waals surface area contributed by atoms with Crippen LogP contribution in [0.1, 0.15) is 49.9 Å². The zero-order valence-electron chi connectivity index (χ0n) is 19.2. The highest BCUT2D eigenvalue weighted by molar-refractivity contribution is 6.01. The second-order valence-electron chi connectivity index (χ2n) is 8.76. The number of H-pyrrole nitrogens is 1. The number of aromatic nitrogens is 1. The van der Waals surface area contributed by atoms with Crippen LogP contribution in [0.25, 0.3) is 10.9 Å². The fourth-order valence-electron chi connectivity index (χ4n) is 5.12. The lowest BCUT2D eigenvalue weighted by Gasteiger charge is -2.48. The molecule has 0 spiro atoms. The number of ether oxygens (including phenoxy) is 2. The van der Waals surface area contributed by atoms with Gasteiger partial charge >= 0.3 is 0 Å². The van der Waals surface area contributed by atoms with Crippen LogP contribution in [0, 0.1) is 0 Å². The molecule has 0 aliphatic carbocycles. The molecule has 3 aromatic rings. The van der Waals surface area contributed by atoms with E-state index in [2.05, 4.69) is 23.3 Å². The van der Waals surface area contributed by atoms with Crippen molar-refractivity contribution in [2.45, 2.75) is 38.6 Å². The maximum atomic E-state index is 13.1. The van der Waals surface area contributed by atoms with E-state index in [0.717, 1.165) is 39.9 Å². The van der Waals surface area contributed by atoms with E-state index >= 15 is 0 Å². The molecule has 1 fully saturated rings. The predicted octanol–water partition coefficient (Wildman–Crippen LogP) is 3.67. The van der Waals surface area contributed by atoms with Crippen molar-refractivity contribution in [3.8, 4) is 11.5 Å². The molecule has 2 aromatic carbocycles. The minimum Gasteiger partial charge on any atom is -0.490 e. The number of hydrogen-bond acceptors (Lipinski definition) is 4. The molecule has 1 saturated heterocycles. The van der Waals surface area contributed by atoms with Crippen molar-refractivity contribution in [3.05, 3.63) is 59.3 Å². The van der Waals surface area contributed by atoms with Gasteiger partial charge in [-0.3, -0.25) is 9.59 Å². The summed E-state index contributed by atoms with van der Waals surface area (Å²) in [6.45, 7) is 7.42. The lowest BCUT2D eigenvalue weighted by molar-refractivity contribution is -0.154. The van der Waals surface area contributed by atoms with Crippen molar-refractivity contribution >= 4 is 22.7 Å². The Morgan fingerprint density at radius 3 is 2.70 bits per heavy atom. The minimum absolute atomic E-state index is 0.0185. The number of para-hydroxylation sites is 1. The van der Waals surface area contributed by atoms with Gasteiger partial charge in [-0.1, -0.05) is 31.2 Å². The average Bonchev–Trinajstić information content (AvgIpc) is 3.22. The average molecular weight is 448 g/mol. The largest absolute Gasteiger partial charge is 0.490 e. The molecular weight excluding hydrogens is 418 g/mol. The second-order valence-corrected chi connectivity index (χ2v) is 8.76. The normalized spacial score (nSPS) is 22.0. The summed E-state index contributed by atoms with van der Waals surface area (Å²) in [5, 5.41) is 3.84. The topological polar surface area (TPSA) is 83.7 Å². The fourth-order valence-corrected chi connectivity index (χ4v) is 5.12. The first-order valence-electron chi connectivity index (χ1n) is 11.6. The van der Waals surface area contributed by atoms with Crippen molar-refractivity contribution < 1.29 is 19.1 Å². The highest BCUT2D eigenvalue weighted by Crippen LogP contribution is 2.47. The van der Waals surface area contributed by atoms with E-state index in [4.69, 9.17) is 9.47 Å². The summed E-state index contributed by atoms with van der Waals surface area (Å²) < 4.78 is 11.8. The van der Waals surface area contributed by atoms with Crippen LogP contribution in [0.3, 0.4) is 0 Å². The zero-order valence-corrected chi connectivity index (χ0v) is 19.2. The summed E-state index contributed by atoms with van der Waals surface area (Å²) in [6.07, 6.45) is 0.909. The van der Waals surface area contributed by atoms with E-state index in [1.165, 1.54) is 0 Å². The van der Waals surface area contributed by atoms with E-state index in [9.17, 15) is 9.59 Å². The van der Waals surface area contributed by atoms with Gasteiger partial charge in [-0.25, -0.2) is 0 Å². The van der Waals surface area contributed by atoms with Crippen LogP contribution >= 0.6 is 0 Å². The maximum Gasteiger partial charge on any atom is 0.252 e. The number of hydrogen-bond donors (Lipinski definition) is 2. The number of amides is 2. The second kappa shape index (κ2) is 8.14. The van der Waals surface area contributed by atoms with Gasteiger partial charge in [0.25, 0.3) is 5.91 Å². The molecule has 2 aliphatic heterocycles.